The van der Waals surface area contributed by atoms with Crippen LogP contribution in [-0.2, 0) is 20.8 Å². The average Bonchev–Trinajstić information content (AvgIpc) is 3.51. The minimum Gasteiger partial charge on any atom is -0.378 e. The van der Waals surface area contributed by atoms with Crippen LogP contribution in [0.1, 0.15) is 86.6 Å². The van der Waals surface area contributed by atoms with Gasteiger partial charge in [-0.25, -0.2) is 0 Å². The molecule has 3 N–H and O–H groups in total. The number of benzene rings is 1. The molecule has 42 heavy (non-hydrogen) atoms. The maximum Gasteiger partial charge on any atom is 0.193 e. The molecule has 0 saturated carbocycles. The zero-order chi connectivity index (χ0) is 30.9. The van der Waals surface area contributed by atoms with Crippen molar-refractivity contribution >= 4 is 17.3 Å². The van der Waals surface area contributed by atoms with Crippen molar-refractivity contribution in [1.29, 1.82) is 0 Å². The summed E-state index contributed by atoms with van der Waals surface area (Å²) in [4.78, 5) is 43.5. The number of hydrogen-bond acceptors (Lipinski definition) is 6. The summed E-state index contributed by atoms with van der Waals surface area (Å²) in [7, 11) is 0. The van der Waals surface area contributed by atoms with Crippen molar-refractivity contribution in [3.8, 4) is 0 Å². The molecule has 0 fully saturated rings. The Bertz CT molecular complexity index is 1350. The fourth-order valence-corrected chi connectivity index (χ4v) is 6.96. The Hall–Kier alpha value is -3.41. The van der Waals surface area contributed by atoms with Gasteiger partial charge in [0.05, 0.1) is 0 Å². The molecule has 0 saturated heterocycles. The van der Waals surface area contributed by atoms with Crippen molar-refractivity contribution in [2.75, 3.05) is 0 Å². The van der Waals surface area contributed by atoms with Gasteiger partial charge in [-0.2, -0.15) is 0 Å². The van der Waals surface area contributed by atoms with Crippen LogP contribution >= 0.6 is 0 Å². The van der Waals surface area contributed by atoms with Crippen LogP contribution in [0.2, 0.25) is 0 Å². The van der Waals surface area contributed by atoms with Gasteiger partial charge in [0, 0.05) is 41.7 Å². The number of nitrogens with one attached hydrogen (secondary N) is 3. The van der Waals surface area contributed by atoms with Crippen molar-refractivity contribution < 1.29 is 14.4 Å². The minimum atomic E-state index is -1.23. The normalized spacial score (nSPS) is 27.2. The van der Waals surface area contributed by atoms with Gasteiger partial charge >= 0.3 is 0 Å². The first kappa shape index (κ1) is 31.5. The molecule has 0 radical (unpaired) electrons. The van der Waals surface area contributed by atoms with E-state index in [0.29, 0.717) is 48.8 Å². The van der Waals surface area contributed by atoms with Crippen molar-refractivity contribution in [3.63, 3.8) is 0 Å². The third kappa shape index (κ3) is 5.77. The SMILES string of the molecule is CC(C)=CC[C@]1(CC(C)C)NC=C([C@]2(CC(C)C)NC=C([C@]3(CC(C)C)NC=C(Cc4ccccc4)C3=O)C2=O)C1=O. The monoisotopic (exact) mass is 571 g/mol. The number of Topliss-reactive ketones (excluding diaryl/α,β-unsaturated/α-hetero) is 3. The van der Waals surface area contributed by atoms with Gasteiger partial charge in [0.2, 0.25) is 0 Å². The summed E-state index contributed by atoms with van der Waals surface area (Å²) in [5.74, 6) is 0.277. The number of ketones is 3. The molecule has 1 aromatic carbocycles. The molecule has 3 heterocycles. The van der Waals surface area contributed by atoms with Crippen LogP contribution in [-0.4, -0.2) is 34.0 Å². The van der Waals surface area contributed by atoms with E-state index in [9.17, 15) is 14.4 Å². The number of carbonyl (C=O) groups is 3. The van der Waals surface area contributed by atoms with Crippen molar-refractivity contribution in [2.45, 2.75) is 104 Å². The molecule has 0 bridgehead atoms. The second-order valence-corrected chi connectivity index (χ2v) is 14.0. The van der Waals surface area contributed by atoms with Gasteiger partial charge in [0.25, 0.3) is 0 Å². The summed E-state index contributed by atoms with van der Waals surface area (Å²) >= 11 is 0. The molecule has 6 heteroatoms. The molecule has 3 atom stereocenters. The van der Waals surface area contributed by atoms with Crippen LogP contribution in [0.15, 0.2) is 77.3 Å². The summed E-state index contributed by atoms with van der Waals surface area (Å²) in [6.07, 6.45) is 10.0. The Kier molecular flexibility index (Phi) is 9.05. The maximum atomic E-state index is 14.8. The zero-order valence-corrected chi connectivity index (χ0v) is 26.7. The lowest BCUT2D eigenvalue weighted by Gasteiger charge is -2.36. The molecular formula is C36H49N3O3. The van der Waals surface area contributed by atoms with E-state index in [1.54, 1.807) is 18.6 Å². The van der Waals surface area contributed by atoms with Crippen LogP contribution in [0.3, 0.4) is 0 Å². The van der Waals surface area contributed by atoms with Gasteiger partial charge in [-0.15, -0.1) is 0 Å². The van der Waals surface area contributed by atoms with E-state index >= 15 is 0 Å². The van der Waals surface area contributed by atoms with Gasteiger partial charge in [-0.3, -0.25) is 14.4 Å². The number of hydrogen-bond donors (Lipinski definition) is 3. The first-order valence-corrected chi connectivity index (χ1v) is 15.5. The van der Waals surface area contributed by atoms with Gasteiger partial charge in [0.15, 0.2) is 17.3 Å². The van der Waals surface area contributed by atoms with E-state index in [4.69, 9.17) is 0 Å². The van der Waals surface area contributed by atoms with Crippen molar-refractivity contribution in [2.24, 2.45) is 17.8 Å². The standard InChI is InChI=1S/C36H49N3O3/c1-23(2)14-15-34(17-24(3)4)32(41)29(21-37-34)36(19-26(7)8)33(42)30(22-39-36)35(18-25(5)6)31(40)28(20-38-35)16-27-12-10-9-11-13-27/h9-14,20-22,24-26,37-39H,15-19H2,1-8H3/t34-,35+,36+/m1/s1. The van der Waals surface area contributed by atoms with Crippen LogP contribution in [0.5, 0.6) is 0 Å². The Morgan fingerprint density at radius 1 is 0.690 bits per heavy atom. The van der Waals surface area contributed by atoms with Gasteiger partial charge < -0.3 is 16.0 Å². The lowest BCUT2D eigenvalue weighted by atomic mass is 9.69. The number of allylic oxidation sites excluding steroid dienone is 1. The predicted molar refractivity (Wildman–Crippen MR) is 169 cm³/mol. The third-order valence-corrected chi connectivity index (χ3v) is 8.64. The third-order valence-electron chi connectivity index (χ3n) is 8.64. The zero-order valence-electron chi connectivity index (χ0n) is 26.7. The molecule has 0 unspecified atom stereocenters. The maximum absolute atomic E-state index is 14.8. The molecule has 1 aromatic rings. The lowest BCUT2D eigenvalue weighted by Crippen LogP contribution is -2.57. The second-order valence-electron chi connectivity index (χ2n) is 14.0. The van der Waals surface area contributed by atoms with E-state index < -0.39 is 16.6 Å². The smallest absolute Gasteiger partial charge is 0.193 e. The Morgan fingerprint density at radius 2 is 1.21 bits per heavy atom. The van der Waals surface area contributed by atoms with Crippen LogP contribution in [0.4, 0.5) is 0 Å². The first-order valence-electron chi connectivity index (χ1n) is 15.5. The molecule has 0 amide bonds. The highest BCUT2D eigenvalue weighted by Gasteiger charge is 2.60. The number of rotatable bonds is 12. The van der Waals surface area contributed by atoms with E-state index in [-0.39, 0.29) is 35.1 Å². The highest BCUT2D eigenvalue weighted by atomic mass is 16.2. The minimum absolute atomic E-state index is 0.0311. The second kappa shape index (κ2) is 12.1. The van der Waals surface area contributed by atoms with Gasteiger partial charge in [-0.05, 0) is 62.8 Å². The highest BCUT2D eigenvalue weighted by molar-refractivity contribution is 6.22. The van der Waals surface area contributed by atoms with Crippen LogP contribution in [0.25, 0.3) is 0 Å². The van der Waals surface area contributed by atoms with E-state index in [0.717, 1.165) is 11.1 Å². The van der Waals surface area contributed by atoms with Crippen molar-refractivity contribution in [1.82, 2.24) is 16.0 Å². The Labute approximate surface area is 252 Å². The molecular weight excluding hydrogens is 522 g/mol. The molecule has 226 valence electrons. The first-order chi connectivity index (χ1) is 19.8. The van der Waals surface area contributed by atoms with Crippen LogP contribution in [0, 0.1) is 17.8 Å². The van der Waals surface area contributed by atoms with E-state index in [1.807, 2.05) is 44.2 Å². The summed E-state index contributed by atoms with van der Waals surface area (Å²) < 4.78 is 0. The summed E-state index contributed by atoms with van der Waals surface area (Å²) in [5.41, 5.74) is 0.544. The summed E-state index contributed by atoms with van der Waals surface area (Å²) in [6, 6.07) is 9.91. The molecule has 6 nitrogen and oxygen atoms in total. The molecule has 0 spiro atoms. The molecule has 0 aliphatic carbocycles. The molecule has 0 aromatic heterocycles. The Balaban J connectivity index is 1.71. The highest BCUT2D eigenvalue weighted by Crippen LogP contribution is 2.45. The van der Waals surface area contributed by atoms with E-state index in [1.165, 1.54) is 0 Å². The molecule has 3 aliphatic rings. The predicted octanol–water partition coefficient (Wildman–Crippen LogP) is 6.11. The van der Waals surface area contributed by atoms with E-state index in [2.05, 4.69) is 63.6 Å². The summed E-state index contributed by atoms with van der Waals surface area (Å²) in [6.45, 7) is 16.6. The molecule has 3 aliphatic heterocycles. The molecule has 4 rings (SSSR count). The fourth-order valence-electron chi connectivity index (χ4n) is 6.96. The quantitative estimate of drug-likeness (QED) is 0.263. The van der Waals surface area contributed by atoms with Crippen LogP contribution < -0.4 is 16.0 Å². The summed E-state index contributed by atoms with van der Waals surface area (Å²) in [5, 5.41) is 10.3. The fraction of sp³-hybridized carbons (Fsp3) is 0.528. The van der Waals surface area contributed by atoms with Gasteiger partial charge in [-0.1, -0.05) is 83.5 Å². The van der Waals surface area contributed by atoms with Crippen molar-refractivity contribution in [3.05, 3.63) is 82.9 Å². The Morgan fingerprint density at radius 3 is 1.79 bits per heavy atom. The average molecular weight is 572 g/mol. The van der Waals surface area contributed by atoms with Gasteiger partial charge in [0.1, 0.15) is 16.6 Å². The topological polar surface area (TPSA) is 87.3 Å². The number of carbonyl (C=O) groups excluding carboxylic acids is 3. The lowest BCUT2D eigenvalue weighted by molar-refractivity contribution is -0.127. The largest absolute Gasteiger partial charge is 0.378 e.